The number of ether oxygens (including phenoxy) is 1. The van der Waals surface area contributed by atoms with Crippen LogP contribution < -0.4 is 10.0 Å². The first-order chi connectivity index (χ1) is 9.33. The number of methoxy groups -OCH3 is 1. The number of nitrogens with zero attached hydrogens (tertiary/aromatic N) is 1. The van der Waals surface area contributed by atoms with Crippen LogP contribution in [-0.4, -0.2) is 25.1 Å². The van der Waals surface area contributed by atoms with Crippen molar-refractivity contribution in [1.29, 1.82) is 0 Å². The molecule has 0 saturated heterocycles. The number of benzene rings is 1. The molecule has 0 radical (unpaired) electrons. The van der Waals surface area contributed by atoms with E-state index in [9.17, 15) is 0 Å². The van der Waals surface area contributed by atoms with E-state index in [0.717, 1.165) is 27.4 Å². The Balaban J connectivity index is 2.02. The van der Waals surface area contributed by atoms with Crippen molar-refractivity contribution in [3.8, 4) is 5.75 Å². The Morgan fingerprint density at radius 3 is 2.74 bits per heavy atom. The average Bonchev–Trinajstić information content (AvgIpc) is 2.47. The Hall–Kier alpha value is -1.27. The summed E-state index contributed by atoms with van der Waals surface area (Å²) in [5.74, 6) is 0.925. The van der Waals surface area contributed by atoms with Gasteiger partial charge in [-0.1, -0.05) is 37.6 Å². The number of unbranched alkanes of at least 4 members (excludes halogenated alkanes) is 1. The smallest absolute Gasteiger partial charge is 0.118 e. The van der Waals surface area contributed by atoms with Crippen LogP contribution in [0.3, 0.4) is 0 Å². The minimum Gasteiger partial charge on any atom is -0.497 e. The molecule has 0 amide bonds. The lowest BCUT2D eigenvalue weighted by Gasteiger charge is -2.28. The van der Waals surface area contributed by atoms with Gasteiger partial charge in [0, 0.05) is 18.5 Å². The zero-order valence-electron chi connectivity index (χ0n) is 11.7. The molecule has 0 N–H and O–H groups in total. The molecule has 1 aromatic carbocycles. The third kappa shape index (κ3) is 4.11. The van der Waals surface area contributed by atoms with Crippen molar-refractivity contribution in [3.05, 3.63) is 47.9 Å². The van der Waals surface area contributed by atoms with Gasteiger partial charge < -0.3 is 9.64 Å². The molecule has 1 atom stereocenters. The van der Waals surface area contributed by atoms with Crippen molar-refractivity contribution in [2.45, 2.75) is 19.8 Å². The minimum absolute atomic E-state index is 0.723. The van der Waals surface area contributed by atoms with Gasteiger partial charge in [-0.05, 0) is 38.5 Å². The van der Waals surface area contributed by atoms with E-state index in [4.69, 9.17) is 4.74 Å². The van der Waals surface area contributed by atoms with Crippen LogP contribution in [0.4, 0.5) is 0 Å². The highest BCUT2D eigenvalue weighted by Gasteiger charge is 2.10. The fourth-order valence-electron chi connectivity index (χ4n) is 2.05. The van der Waals surface area contributed by atoms with Gasteiger partial charge in [0.2, 0.25) is 0 Å². The molecule has 2 rings (SSSR count). The fourth-order valence-corrected chi connectivity index (χ4v) is 3.22. The van der Waals surface area contributed by atoms with Gasteiger partial charge in [0.1, 0.15) is 5.75 Å². The highest BCUT2D eigenvalue weighted by Crippen LogP contribution is 2.29. The molecule has 0 fully saturated rings. The Kier molecular flexibility index (Phi) is 5.47. The third-order valence-electron chi connectivity index (χ3n) is 3.20. The molecule has 1 aliphatic rings. The number of rotatable bonds is 6. The Bertz CT molecular complexity index is 450. The predicted octanol–water partition coefficient (Wildman–Crippen LogP) is 3.51. The van der Waals surface area contributed by atoms with Gasteiger partial charge in [-0.3, -0.25) is 0 Å². The van der Waals surface area contributed by atoms with E-state index < -0.39 is 0 Å². The zero-order valence-corrected chi connectivity index (χ0v) is 12.7. The normalized spacial score (nSPS) is 15.1. The summed E-state index contributed by atoms with van der Waals surface area (Å²) < 4.78 is 5.20. The summed E-state index contributed by atoms with van der Waals surface area (Å²) in [4.78, 5) is 2.49. The molecule has 0 saturated carbocycles. The van der Waals surface area contributed by atoms with Gasteiger partial charge in [-0.25, -0.2) is 0 Å². The summed E-state index contributed by atoms with van der Waals surface area (Å²) in [6.45, 7) is 4.46. The van der Waals surface area contributed by atoms with Crippen LogP contribution in [0.1, 0.15) is 19.8 Å². The lowest BCUT2D eigenvalue weighted by Crippen LogP contribution is -2.25. The fraction of sp³-hybridized carbons (Fsp3) is 0.375. The quantitative estimate of drug-likeness (QED) is 0.737. The predicted molar refractivity (Wildman–Crippen MR) is 84.6 cm³/mol. The second-order valence-electron chi connectivity index (χ2n) is 4.63. The van der Waals surface area contributed by atoms with Crippen LogP contribution in [-0.2, 0) is 0 Å². The molecule has 0 aromatic heterocycles. The lowest BCUT2D eigenvalue weighted by atomic mass is 10.3. The van der Waals surface area contributed by atoms with E-state index in [0.29, 0.717) is 0 Å². The van der Waals surface area contributed by atoms with E-state index in [2.05, 4.69) is 42.2 Å². The SMILES string of the molecule is CCCCN1CC=CC=C1Pc1ccc(OC)cc1. The largest absolute Gasteiger partial charge is 0.497 e. The number of hydrogen-bond acceptors (Lipinski definition) is 2. The van der Waals surface area contributed by atoms with Crippen molar-refractivity contribution < 1.29 is 4.74 Å². The maximum atomic E-state index is 5.20. The zero-order chi connectivity index (χ0) is 13.5. The Morgan fingerprint density at radius 2 is 2.05 bits per heavy atom. The molecule has 0 spiro atoms. The highest BCUT2D eigenvalue weighted by atomic mass is 31.1. The van der Waals surface area contributed by atoms with E-state index >= 15 is 0 Å². The molecule has 19 heavy (non-hydrogen) atoms. The molecule has 1 heterocycles. The standard InChI is InChI=1S/C16H22NOP/c1-3-4-12-17-13-6-5-7-16(17)19-15-10-8-14(18-2)9-11-15/h5-11,19H,3-4,12-13H2,1-2H3. The van der Waals surface area contributed by atoms with Crippen LogP contribution in [0, 0.1) is 0 Å². The summed E-state index contributed by atoms with van der Waals surface area (Å²) in [5, 5.41) is 1.36. The van der Waals surface area contributed by atoms with Crippen LogP contribution in [0.25, 0.3) is 0 Å². The van der Waals surface area contributed by atoms with Crippen LogP contribution >= 0.6 is 8.58 Å². The summed E-state index contributed by atoms with van der Waals surface area (Å²) >= 11 is 0. The lowest BCUT2D eigenvalue weighted by molar-refractivity contribution is 0.391. The summed E-state index contributed by atoms with van der Waals surface area (Å²) in [6, 6.07) is 8.40. The van der Waals surface area contributed by atoms with E-state index in [1.165, 1.54) is 23.6 Å². The summed E-state index contributed by atoms with van der Waals surface area (Å²) in [5.41, 5.74) is 1.45. The minimum atomic E-state index is 0.723. The molecule has 0 aliphatic carbocycles. The van der Waals surface area contributed by atoms with Crippen molar-refractivity contribution in [2.75, 3.05) is 20.2 Å². The first-order valence-electron chi connectivity index (χ1n) is 6.86. The molecule has 2 nitrogen and oxygen atoms in total. The maximum Gasteiger partial charge on any atom is 0.118 e. The van der Waals surface area contributed by atoms with Crippen LogP contribution in [0.2, 0.25) is 0 Å². The first-order valence-corrected chi connectivity index (χ1v) is 7.86. The van der Waals surface area contributed by atoms with Crippen LogP contribution in [0.15, 0.2) is 47.9 Å². The van der Waals surface area contributed by atoms with Gasteiger partial charge in [-0.15, -0.1) is 0 Å². The van der Waals surface area contributed by atoms with Crippen molar-refractivity contribution in [1.82, 2.24) is 4.90 Å². The molecule has 1 aliphatic heterocycles. The van der Waals surface area contributed by atoms with Crippen molar-refractivity contribution >= 4 is 13.9 Å². The van der Waals surface area contributed by atoms with Gasteiger partial charge in [0.05, 0.1) is 7.11 Å². The van der Waals surface area contributed by atoms with Crippen molar-refractivity contribution in [2.24, 2.45) is 0 Å². The van der Waals surface area contributed by atoms with Crippen LogP contribution in [0.5, 0.6) is 5.75 Å². The van der Waals surface area contributed by atoms with Gasteiger partial charge >= 0.3 is 0 Å². The number of allylic oxidation sites excluding steroid dienone is 2. The van der Waals surface area contributed by atoms with Gasteiger partial charge in [0.25, 0.3) is 0 Å². The Labute approximate surface area is 117 Å². The molecule has 0 bridgehead atoms. The maximum absolute atomic E-state index is 5.20. The monoisotopic (exact) mass is 275 g/mol. The molecular formula is C16H22NOP. The molecule has 3 heteroatoms. The Morgan fingerprint density at radius 1 is 1.26 bits per heavy atom. The molecule has 102 valence electrons. The van der Waals surface area contributed by atoms with Gasteiger partial charge in [0.15, 0.2) is 0 Å². The topological polar surface area (TPSA) is 12.5 Å². The second-order valence-corrected chi connectivity index (χ2v) is 5.97. The average molecular weight is 275 g/mol. The molecule has 1 aromatic rings. The summed E-state index contributed by atoms with van der Waals surface area (Å²) in [7, 11) is 2.43. The van der Waals surface area contributed by atoms with E-state index in [1.807, 2.05) is 12.1 Å². The number of hydrogen-bond donors (Lipinski definition) is 0. The molecule has 1 unspecified atom stereocenters. The third-order valence-corrected chi connectivity index (χ3v) is 4.56. The van der Waals surface area contributed by atoms with Crippen molar-refractivity contribution in [3.63, 3.8) is 0 Å². The molecular weight excluding hydrogens is 253 g/mol. The first kappa shape index (κ1) is 14.1. The van der Waals surface area contributed by atoms with Gasteiger partial charge in [-0.2, -0.15) is 0 Å². The summed E-state index contributed by atoms with van der Waals surface area (Å²) in [6.07, 6.45) is 9.17. The highest BCUT2D eigenvalue weighted by molar-refractivity contribution is 7.51. The second kappa shape index (κ2) is 7.35. The van der Waals surface area contributed by atoms with E-state index in [-0.39, 0.29) is 0 Å². The van der Waals surface area contributed by atoms with E-state index in [1.54, 1.807) is 7.11 Å².